The van der Waals surface area contributed by atoms with Gasteiger partial charge in [-0.1, -0.05) is 66.3 Å². The van der Waals surface area contributed by atoms with Crippen LogP contribution >= 0.6 is 0 Å². The van der Waals surface area contributed by atoms with E-state index in [9.17, 15) is 0 Å². The van der Waals surface area contributed by atoms with Crippen molar-refractivity contribution in [3.63, 3.8) is 0 Å². The first-order valence-electron chi connectivity index (χ1n) is 6.86. The number of hydrogen-bond acceptors (Lipinski definition) is 0. The van der Waals surface area contributed by atoms with Crippen molar-refractivity contribution in [3.05, 3.63) is 77.9 Å². The highest BCUT2D eigenvalue weighted by Gasteiger charge is 2.05. The summed E-state index contributed by atoms with van der Waals surface area (Å²) in [5.41, 5.74) is 6.69. The highest BCUT2D eigenvalue weighted by Crippen LogP contribution is 2.28. The summed E-state index contributed by atoms with van der Waals surface area (Å²) in [6.07, 6.45) is 8.93. The molecule has 19 heavy (non-hydrogen) atoms. The average Bonchev–Trinajstić information content (AvgIpc) is 2.49. The number of benzene rings is 2. The molecule has 1 aliphatic carbocycles. The fourth-order valence-electron chi connectivity index (χ4n) is 2.49. The lowest BCUT2D eigenvalue weighted by atomic mass is 9.94. The topological polar surface area (TPSA) is 0 Å². The van der Waals surface area contributed by atoms with Gasteiger partial charge < -0.3 is 0 Å². The molecule has 94 valence electrons. The van der Waals surface area contributed by atoms with E-state index in [0.717, 1.165) is 12.8 Å². The quantitative estimate of drug-likeness (QED) is 0.666. The molecule has 0 amide bonds. The smallest absolute Gasteiger partial charge is 0.0178 e. The highest BCUT2D eigenvalue weighted by atomic mass is 14.1. The number of allylic oxidation sites excluding steroid dienone is 4. The van der Waals surface area contributed by atoms with E-state index in [1.54, 1.807) is 0 Å². The summed E-state index contributed by atoms with van der Waals surface area (Å²) in [4.78, 5) is 0. The van der Waals surface area contributed by atoms with Gasteiger partial charge in [-0.25, -0.2) is 0 Å². The van der Waals surface area contributed by atoms with Crippen LogP contribution in [0.3, 0.4) is 0 Å². The van der Waals surface area contributed by atoms with Gasteiger partial charge in [-0.2, -0.15) is 0 Å². The first kappa shape index (κ1) is 12.0. The molecule has 0 saturated carbocycles. The molecule has 0 fully saturated rings. The van der Waals surface area contributed by atoms with Crippen molar-refractivity contribution < 1.29 is 0 Å². The zero-order valence-corrected chi connectivity index (χ0v) is 11.3. The molecule has 0 bridgehead atoms. The van der Waals surface area contributed by atoms with E-state index in [-0.39, 0.29) is 0 Å². The molecule has 0 unspecified atom stereocenters. The summed E-state index contributed by atoms with van der Waals surface area (Å²) < 4.78 is 0. The number of aryl methyl sites for hydroxylation is 1. The second kappa shape index (κ2) is 5.27. The minimum absolute atomic E-state index is 1.15. The van der Waals surface area contributed by atoms with Gasteiger partial charge in [0.2, 0.25) is 0 Å². The zero-order chi connectivity index (χ0) is 13.1. The molecule has 1 aliphatic rings. The summed E-state index contributed by atoms with van der Waals surface area (Å²) in [7, 11) is 0. The van der Waals surface area contributed by atoms with Gasteiger partial charge in [0.1, 0.15) is 0 Å². The van der Waals surface area contributed by atoms with Crippen LogP contribution in [0.2, 0.25) is 0 Å². The molecule has 0 aromatic heterocycles. The van der Waals surface area contributed by atoms with Crippen LogP contribution in [0.25, 0.3) is 16.7 Å². The van der Waals surface area contributed by atoms with Crippen molar-refractivity contribution >= 4 is 5.57 Å². The Labute approximate surface area is 115 Å². The molecule has 0 N–H and O–H groups in total. The lowest BCUT2D eigenvalue weighted by Gasteiger charge is -2.11. The fraction of sp³-hybridized carbons (Fsp3) is 0.158. The molecule has 0 radical (unpaired) electrons. The minimum Gasteiger partial charge on any atom is -0.0842 e. The maximum absolute atomic E-state index is 2.30. The monoisotopic (exact) mass is 246 g/mol. The Morgan fingerprint density at radius 3 is 2.37 bits per heavy atom. The normalized spacial score (nSPS) is 14.3. The molecule has 2 aromatic carbocycles. The Morgan fingerprint density at radius 2 is 1.63 bits per heavy atom. The van der Waals surface area contributed by atoms with E-state index in [1.165, 1.54) is 27.8 Å². The molecule has 3 rings (SSSR count). The predicted molar refractivity (Wildman–Crippen MR) is 83.0 cm³/mol. The van der Waals surface area contributed by atoms with Gasteiger partial charge in [0, 0.05) is 0 Å². The third-order valence-corrected chi connectivity index (χ3v) is 3.63. The molecule has 0 saturated heterocycles. The summed E-state index contributed by atoms with van der Waals surface area (Å²) in [5, 5.41) is 0. The van der Waals surface area contributed by atoms with E-state index in [2.05, 4.69) is 73.7 Å². The maximum atomic E-state index is 2.30. The minimum atomic E-state index is 1.15. The van der Waals surface area contributed by atoms with E-state index in [0.29, 0.717) is 0 Å². The third kappa shape index (κ3) is 2.68. The Kier molecular flexibility index (Phi) is 3.33. The van der Waals surface area contributed by atoms with Crippen molar-refractivity contribution in [3.8, 4) is 11.1 Å². The van der Waals surface area contributed by atoms with Crippen LogP contribution in [0.15, 0.2) is 66.8 Å². The van der Waals surface area contributed by atoms with Gasteiger partial charge in [-0.15, -0.1) is 0 Å². The van der Waals surface area contributed by atoms with Gasteiger partial charge in [-0.3, -0.25) is 0 Å². The van der Waals surface area contributed by atoms with Crippen LogP contribution in [0.4, 0.5) is 0 Å². The summed E-state index contributed by atoms with van der Waals surface area (Å²) >= 11 is 0. The van der Waals surface area contributed by atoms with E-state index in [1.807, 2.05) is 0 Å². The first-order valence-corrected chi connectivity index (χ1v) is 6.86. The van der Waals surface area contributed by atoms with E-state index >= 15 is 0 Å². The van der Waals surface area contributed by atoms with Crippen molar-refractivity contribution in [1.82, 2.24) is 0 Å². The molecule has 0 nitrogen and oxygen atoms in total. The van der Waals surface area contributed by atoms with E-state index in [4.69, 9.17) is 0 Å². The van der Waals surface area contributed by atoms with Gasteiger partial charge in [0.25, 0.3) is 0 Å². The van der Waals surface area contributed by atoms with Crippen LogP contribution in [-0.4, -0.2) is 0 Å². The highest BCUT2D eigenvalue weighted by molar-refractivity contribution is 5.74. The largest absolute Gasteiger partial charge is 0.0842 e. The Hall–Kier alpha value is -2.08. The Bertz CT molecular complexity index is 627. The van der Waals surface area contributed by atoms with Crippen molar-refractivity contribution in [2.24, 2.45) is 0 Å². The maximum Gasteiger partial charge on any atom is -0.0178 e. The Morgan fingerprint density at radius 1 is 0.842 bits per heavy atom. The van der Waals surface area contributed by atoms with Crippen LogP contribution in [0.1, 0.15) is 24.0 Å². The summed E-state index contributed by atoms with van der Waals surface area (Å²) in [6, 6.07) is 17.6. The molecular formula is C19H18. The standard InChI is InChI=1S/C19H18/c1-15-10-12-17(13-11-15)19-9-5-8-18(14-19)16-6-3-2-4-7-16/h2-3,5-6,8-14H,4,7H2,1H3. The van der Waals surface area contributed by atoms with Gasteiger partial charge in [-0.05, 0) is 48.1 Å². The van der Waals surface area contributed by atoms with Gasteiger partial charge in [0.05, 0.1) is 0 Å². The van der Waals surface area contributed by atoms with Crippen LogP contribution in [0, 0.1) is 6.92 Å². The zero-order valence-electron chi connectivity index (χ0n) is 11.3. The Balaban J connectivity index is 1.98. The summed E-state index contributed by atoms with van der Waals surface area (Å²) in [5.74, 6) is 0. The molecule has 0 atom stereocenters. The lowest BCUT2D eigenvalue weighted by Crippen LogP contribution is -1.89. The second-order valence-electron chi connectivity index (χ2n) is 5.11. The van der Waals surface area contributed by atoms with Crippen molar-refractivity contribution in [2.45, 2.75) is 19.8 Å². The van der Waals surface area contributed by atoms with Crippen molar-refractivity contribution in [2.75, 3.05) is 0 Å². The molecule has 0 spiro atoms. The fourth-order valence-corrected chi connectivity index (χ4v) is 2.49. The predicted octanol–water partition coefficient (Wildman–Crippen LogP) is 5.40. The molecule has 2 aromatic rings. The molecule has 0 aliphatic heterocycles. The number of rotatable bonds is 2. The van der Waals surface area contributed by atoms with Gasteiger partial charge >= 0.3 is 0 Å². The first-order chi connectivity index (χ1) is 9.33. The molecular weight excluding hydrogens is 228 g/mol. The third-order valence-electron chi connectivity index (χ3n) is 3.63. The summed E-state index contributed by atoms with van der Waals surface area (Å²) in [6.45, 7) is 2.12. The average molecular weight is 246 g/mol. The molecule has 0 heteroatoms. The molecule has 0 heterocycles. The van der Waals surface area contributed by atoms with Crippen LogP contribution in [-0.2, 0) is 0 Å². The van der Waals surface area contributed by atoms with E-state index < -0.39 is 0 Å². The SMILES string of the molecule is Cc1ccc(-c2cccc(C3=CC=CCC3)c2)cc1. The van der Waals surface area contributed by atoms with Crippen LogP contribution in [0.5, 0.6) is 0 Å². The van der Waals surface area contributed by atoms with Gasteiger partial charge in [0.15, 0.2) is 0 Å². The second-order valence-corrected chi connectivity index (χ2v) is 5.11. The lowest BCUT2D eigenvalue weighted by molar-refractivity contribution is 1.05. The van der Waals surface area contributed by atoms with Crippen molar-refractivity contribution in [1.29, 1.82) is 0 Å². The van der Waals surface area contributed by atoms with Crippen LogP contribution < -0.4 is 0 Å². The number of hydrogen-bond donors (Lipinski definition) is 0.